The van der Waals surface area contributed by atoms with Gasteiger partial charge in [0.25, 0.3) is 0 Å². The molecule has 1 aromatic heterocycles. The van der Waals surface area contributed by atoms with Gasteiger partial charge in [-0.1, -0.05) is 17.7 Å². The highest BCUT2D eigenvalue weighted by molar-refractivity contribution is 7.89. The highest BCUT2D eigenvalue weighted by Gasteiger charge is 2.12. The first-order valence-electron chi connectivity index (χ1n) is 6.54. The molecule has 0 saturated heterocycles. The van der Waals surface area contributed by atoms with Crippen LogP contribution >= 0.6 is 0 Å². The first kappa shape index (κ1) is 14.7. The molecule has 0 saturated carbocycles. The van der Waals surface area contributed by atoms with Crippen molar-refractivity contribution < 1.29 is 8.42 Å². The topological polar surface area (TPSA) is 74.8 Å². The Labute approximate surface area is 119 Å². The van der Waals surface area contributed by atoms with Crippen molar-refractivity contribution in [2.75, 3.05) is 6.54 Å². The van der Waals surface area contributed by atoms with Crippen molar-refractivity contribution in [1.29, 1.82) is 0 Å². The molecule has 2 aromatic rings. The average molecular weight is 293 g/mol. The Morgan fingerprint density at radius 3 is 2.50 bits per heavy atom. The molecule has 5 nitrogen and oxygen atoms in total. The molecule has 0 radical (unpaired) electrons. The van der Waals surface area contributed by atoms with Gasteiger partial charge in [0.05, 0.1) is 11.1 Å². The third-order valence-corrected chi connectivity index (χ3v) is 4.66. The maximum Gasteiger partial charge on any atom is 0.240 e. The minimum absolute atomic E-state index is 0.308. The lowest BCUT2D eigenvalue weighted by Crippen LogP contribution is -2.25. The largest absolute Gasteiger partial charge is 0.283 e. The Hall–Kier alpha value is -1.66. The summed E-state index contributed by atoms with van der Waals surface area (Å²) in [5.74, 6) is 0. The van der Waals surface area contributed by atoms with Gasteiger partial charge < -0.3 is 0 Å². The van der Waals surface area contributed by atoms with Crippen molar-refractivity contribution in [3.8, 4) is 0 Å². The Balaban J connectivity index is 1.87. The van der Waals surface area contributed by atoms with Crippen molar-refractivity contribution in [1.82, 2.24) is 14.9 Å². The monoisotopic (exact) mass is 293 g/mol. The Kier molecular flexibility index (Phi) is 4.57. The lowest BCUT2D eigenvalue weighted by Gasteiger charge is -2.07. The van der Waals surface area contributed by atoms with Gasteiger partial charge in [-0.3, -0.25) is 5.10 Å². The van der Waals surface area contributed by atoms with E-state index in [4.69, 9.17) is 0 Å². The molecule has 1 aromatic carbocycles. The normalized spacial score (nSPS) is 11.7. The molecular formula is C14H19N3O2S. The summed E-state index contributed by atoms with van der Waals surface area (Å²) < 4.78 is 26.7. The highest BCUT2D eigenvalue weighted by Crippen LogP contribution is 2.10. The van der Waals surface area contributed by atoms with Crippen molar-refractivity contribution in [3.05, 3.63) is 47.3 Å². The summed E-state index contributed by atoms with van der Waals surface area (Å²) >= 11 is 0. The van der Waals surface area contributed by atoms with Crippen molar-refractivity contribution >= 4 is 10.0 Å². The van der Waals surface area contributed by atoms with E-state index in [1.54, 1.807) is 30.5 Å². The Morgan fingerprint density at radius 2 is 1.90 bits per heavy atom. The number of H-pyrrole nitrogens is 1. The minimum Gasteiger partial charge on any atom is -0.283 e. The molecule has 6 heteroatoms. The first-order valence-corrected chi connectivity index (χ1v) is 8.02. The van der Waals surface area contributed by atoms with Crippen molar-refractivity contribution in [2.24, 2.45) is 0 Å². The number of aromatic nitrogens is 2. The van der Waals surface area contributed by atoms with Crippen LogP contribution in [0.4, 0.5) is 0 Å². The number of aryl methyl sites for hydroxylation is 3. The van der Waals surface area contributed by atoms with Crippen molar-refractivity contribution in [2.45, 2.75) is 31.6 Å². The number of benzene rings is 1. The van der Waals surface area contributed by atoms with Crippen LogP contribution in [0.5, 0.6) is 0 Å². The molecule has 20 heavy (non-hydrogen) atoms. The molecule has 0 fully saturated rings. The van der Waals surface area contributed by atoms with Crippen LogP contribution in [0.15, 0.2) is 35.4 Å². The lowest BCUT2D eigenvalue weighted by atomic mass is 10.1. The molecule has 0 amide bonds. The van der Waals surface area contributed by atoms with Gasteiger partial charge in [0.15, 0.2) is 0 Å². The van der Waals surface area contributed by atoms with Crippen LogP contribution in [0.25, 0.3) is 0 Å². The molecular weight excluding hydrogens is 274 g/mol. The zero-order valence-corrected chi connectivity index (χ0v) is 12.5. The fraction of sp³-hybridized carbons (Fsp3) is 0.357. The fourth-order valence-electron chi connectivity index (χ4n) is 1.91. The van der Waals surface area contributed by atoms with Crippen LogP contribution in [-0.4, -0.2) is 25.2 Å². The van der Waals surface area contributed by atoms with E-state index in [0.29, 0.717) is 11.4 Å². The second-order valence-electron chi connectivity index (χ2n) is 4.83. The van der Waals surface area contributed by atoms with E-state index in [0.717, 1.165) is 29.7 Å². The molecule has 0 aliphatic rings. The standard InChI is InChI=1S/C14H19N3O2S/c1-11-5-7-14(8-6-11)20(18,19)16-9-3-4-13-10-15-17-12(13)2/h5-8,10,16H,3-4,9H2,1-2H3,(H,15,17). The number of nitrogens with zero attached hydrogens (tertiary/aromatic N) is 1. The van der Waals surface area contributed by atoms with Gasteiger partial charge in [0.1, 0.15) is 0 Å². The molecule has 0 spiro atoms. The molecule has 0 bridgehead atoms. The van der Waals surface area contributed by atoms with Crippen LogP contribution in [0, 0.1) is 13.8 Å². The number of rotatable bonds is 6. The van der Waals surface area contributed by atoms with Crippen LogP contribution in [0.1, 0.15) is 23.2 Å². The zero-order valence-electron chi connectivity index (χ0n) is 11.7. The second-order valence-corrected chi connectivity index (χ2v) is 6.60. The molecule has 0 unspecified atom stereocenters. The first-order chi connectivity index (χ1) is 9.49. The summed E-state index contributed by atoms with van der Waals surface area (Å²) in [4.78, 5) is 0.308. The van der Waals surface area contributed by atoms with E-state index >= 15 is 0 Å². The Morgan fingerprint density at radius 1 is 1.20 bits per heavy atom. The third kappa shape index (κ3) is 3.68. The van der Waals surface area contributed by atoms with Gasteiger partial charge in [0.2, 0.25) is 10.0 Å². The smallest absolute Gasteiger partial charge is 0.240 e. The SMILES string of the molecule is Cc1ccc(S(=O)(=O)NCCCc2cn[nH]c2C)cc1. The van der Waals surface area contributed by atoms with Gasteiger partial charge in [-0.2, -0.15) is 5.10 Å². The molecule has 0 atom stereocenters. The summed E-state index contributed by atoms with van der Waals surface area (Å²) in [6.45, 7) is 4.30. The van der Waals surface area contributed by atoms with Gasteiger partial charge >= 0.3 is 0 Å². The van der Waals surface area contributed by atoms with Crippen LogP contribution < -0.4 is 4.72 Å². The molecule has 0 aliphatic carbocycles. The summed E-state index contributed by atoms with van der Waals surface area (Å²) in [7, 11) is -3.40. The predicted octanol–water partition coefficient (Wildman–Crippen LogP) is 1.94. The van der Waals surface area contributed by atoms with E-state index in [1.165, 1.54) is 0 Å². The number of hydrogen-bond donors (Lipinski definition) is 2. The summed E-state index contributed by atoms with van der Waals surface area (Å²) in [5.41, 5.74) is 3.20. The third-order valence-electron chi connectivity index (χ3n) is 3.18. The van der Waals surface area contributed by atoms with E-state index < -0.39 is 10.0 Å². The zero-order chi connectivity index (χ0) is 14.6. The second kappa shape index (κ2) is 6.19. The summed E-state index contributed by atoms with van der Waals surface area (Å²) in [6, 6.07) is 6.84. The van der Waals surface area contributed by atoms with Gasteiger partial charge in [-0.05, 0) is 44.4 Å². The minimum atomic E-state index is -3.40. The molecule has 2 N–H and O–H groups in total. The summed E-state index contributed by atoms with van der Waals surface area (Å²) in [5, 5.41) is 6.81. The number of nitrogens with one attached hydrogen (secondary N) is 2. The number of sulfonamides is 1. The molecule has 0 aliphatic heterocycles. The van der Waals surface area contributed by atoms with E-state index in [1.807, 2.05) is 13.8 Å². The summed E-state index contributed by atoms with van der Waals surface area (Å²) in [6.07, 6.45) is 3.33. The lowest BCUT2D eigenvalue weighted by molar-refractivity contribution is 0.579. The number of aromatic amines is 1. The van der Waals surface area contributed by atoms with Gasteiger partial charge in [-0.15, -0.1) is 0 Å². The average Bonchev–Trinajstić information content (AvgIpc) is 2.81. The van der Waals surface area contributed by atoms with Gasteiger partial charge in [-0.25, -0.2) is 13.1 Å². The van der Waals surface area contributed by atoms with E-state index in [-0.39, 0.29) is 0 Å². The van der Waals surface area contributed by atoms with Crippen molar-refractivity contribution in [3.63, 3.8) is 0 Å². The number of hydrogen-bond acceptors (Lipinski definition) is 3. The molecule has 1 heterocycles. The van der Waals surface area contributed by atoms with Crippen LogP contribution in [-0.2, 0) is 16.4 Å². The van der Waals surface area contributed by atoms with E-state index in [2.05, 4.69) is 14.9 Å². The Bertz CT molecular complexity index is 660. The predicted molar refractivity (Wildman–Crippen MR) is 78.0 cm³/mol. The fourth-order valence-corrected chi connectivity index (χ4v) is 2.99. The van der Waals surface area contributed by atoms with Gasteiger partial charge in [0, 0.05) is 12.2 Å². The van der Waals surface area contributed by atoms with Crippen LogP contribution in [0.2, 0.25) is 0 Å². The molecule has 108 valence electrons. The maximum absolute atomic E-state index is 12.0. The maximum atomic E-state index is 12.0. The highest BCUT2D eigenvalue weighted by atomic mass is 32.2. The van der Waals surface area contributed by atoms with E-state index in [9.17, 15) is 8.42 Å². The molecule has 2 rings (SSSR count). The quantitative estimate of drug-likeness (QED) is 0.799. The van der Waals surface area contributed by atoms with Crippen LogP contribution in [0.3, 0.4) is 0 Å².